The van der Waals surface area contributed by atoms with Crippen molar-refractivity contribution in [1.82, 2.24) is 10.1 Å². The van der Waals surface area contributed by atoms with Gasteiger partial charge in [-0.25, -0.2) is 0 Å². The van der Waals surface area contributed by atoms with Crippen molar-refractivity contribution in [2.45, 2.75) is 19.6 Å². The van der Waals surface area contributed by atoms with Gasteiger partial charge in [0.15, 0.2) is 0 Å². The Kier molecular flexibility index (Phi) is 4.67. The van der Waals surface area contributed by atoms with Crippen molar-refractivity contribution in [1.29, 1.82) is 0 Å². The Balaban J connectivity index is 1.70. The highest BCUT2D eigenvalue weighted by molar-refractivity contribution is 6.33. The fraction of sp³-hybridized carbons (Fsp3) is 0.176. The Morgan fingerprint density at radius 2 is 1.84 bits per heavy atom. The summed E-state index contributed by atoms with van der Waals surface area (Å²) in [7, 11) is 0. The Labute approximate surface area is 146 Å². The van der Waals surface area contributed by atoms with E-state index in [4.69, 9.17) is 16.1 Å². The maximum atomic E-state index is 12.6. The molecule has 8 heteroatoms. The summed E-state index contributed by atoms with van der Waals surface area (Å²) in [5.41, 5.74) is 1.48. The number of halogens is 4. The minimum absolute atomic E-state index is 0.223. The summed E-state index contributed by atoms with van der Waals surface area (Å²) in [6.07, 6.45) is -4.38. The zero-order chi connectivity index (χ0) is 18.0. The molecule has 25 heavy (non-hydrogen) atoms. The fourth-order valence-corrected chi connectivity index (χ4v) is 2.49. The van der Waals surface area contributed by atoms with Crippen LogP contribution >= 0.6 is 11.6 Å². The lowest BCUT2D eigenvalue weighted by Gasteiger charge is -2.06. The maximum Gasteiger partial charge on any atom is 0.416 e. The van der Waals surface area contributed by atoms with Gasteiger partial charge < -0.3 is 9.84 Å². The molecular formula is C17H13ClF3N3O. The molecule has 0 saturated carbocycles. The molecule has 0 bridgehead atoms. The largest absolute Gasteiger partial charge is 0.416 e. The SMILES string of the molecule is Cc1ccc(NCc2nc(-c3ccc(C(F)(F)F)cc3)no2)c(Cl)c1. The van der Waals surface area contributed by atoms with Crippen molar-refractivity contribution in [3.63, 3.8) is 0 Å². The summed E-state index contributed by atoms with van der Waals surface area (Å²) in [4.78, 5) is 4.17. The van der Waals surface area contributed by atoms with Crippen LogP contribution in [0.1, 0.15) is 17.0 Å². The van der Waals surface area contributed by atoms with Crippen LogP contribution in [0, 0.1) is 6.92 Å². The van der Waals surface area contributed by atoms with E-state index in [-0.39, 0.29) is 12.4 Å². The van der Waals surface area contributed by atoms with Gasteiger partial charge in [0.1, 0.15) is 0 Å². The number of alkyl halides is 3. The number of anilines is 1. The van der Waals surface area contributed by atoms with Gasteiger partial charge in [0.25, 0.3) is 0 Å². The Bertz CT molecular complexity index is 876. The molecule has 0 aliphatic heterocycles. The molecule has 1 aromatic heterocycles. The standard InChI is InChI=1S/C17H13ClF3N3O/c1-10-2-7-14(13(18)8-10)22-9-15-23-16(24-25-15)11-3-5-12(6-4-11)17(19,20)21/h2-8,22H,9H2,1H3. The van der Waals surface area contributed by atoms with Gasteiger partial charge in [-0.05, 0) is 36.8 Å². The second-order valence-corrected chi connectivity index (χ2v) is 5.83. The van der Waals surface area contributed by atoms with Gasteiger partial charge in [0.2, 0.25) is 11.7 Å². The van der Waals surface area contributed by atoms with Gasteiger partial charge in [0, 0.05) is 5.56 Å². The molecule has 130 valence electrons. The molecule has 1 N–H and O–H groups in total. The molecule has 0 atom stereocenters. The highest BCUT2D eigenvalue weighted by Crippen LogP contribution is 2.30. The quantitative estimate of drug-likeness (QED) is 0.677. The van der Waals surface area contributed by atoms with Crippen LogP contribution in [0.3, 0.4) is 0 Å². The number of aromatic nitrogens is 2. The van der Waals surface area contributed by atoms with Gasteiger partial charge in [-0.3, -0.25) is 0 Å². The van der Waals surface area contributed by atoms with E-state index in [0.29, 0.717) is 16.5 Å². The van der Waals surface area contributed by atoms with Gasteiger partial charge in [-0.2, -0.15) is 18.2 Å². The average molecular weight is 368 g/mol. The lowest BCUT2D eigenvalue weighted by atomic mass is 10.1. The summed E-state index contributed by atoms with van der Waals surface area (Å²) in [5, 5.41) is 7.43. The average Bonchev–Trinajstić information content (AvgIpc) is 3.02. The predicted molar refractivity (Wildman–Crippen MR) is 88.3 cm³/mol. The van der Waals surface area contributed by atoms with E-state index >= 15 is 0 Å². The minimum Gasteiger partial charge on any atom is -0.375 e. The van der Waals surface area contributed by atoms with E-state index in [0.717, 1.165) is 23.4 Å². The van der Waals surface area contributed by atoms with E-state index < -0.39 is 11.7 Å². The second kappa shape index (κ2) is 6.76. The van der Waals surface area contributed by atoms with Crippen molar-refractivity contribution in [2.24, 2.45) is 0 Å². The summed E-state index contributed by atoms with van der Waals surface area (Å²) < 4.78 is 42.8. The number of aryl methyl sites for hydroxylation is 1. The smallest absolute Gasteiger partial charge is 0.375 e. The number of hydrogen-bond acceptors (Lipinski definition) is 4. The van der Waals surface area contributed by atoms with Crippen molar-refractivity contribution in [3.8, 4) is 11.4 Å². The summed E-state index contributed by atoms with van der Waals surface area (Å²) in [5.74, 6) is 0.520. The molecule has 2 aromatic carbocycles. The maximum absolute atomic E-state index is 12.6. The summed E-state index contributed by atoms with van der Waals surface area (Å²) in [6.45, 7) is 2.18. The first-order chi connectivity index (χ1) is 11.8. The van der Waals surface area contributed by atoms with Crippen LogP contribution in [0.2, 0.25) is 5.02 Å². The Morgan fingerprint density at radius 3 is 2.48 bits per heavy atom. The van der Waals surface area contributed by atoms with E-state index in [1.54, 1.807) is 0 Å². The van der Waals surface area contributed by atoms with Crippen LogP contribution in [-0.4, -0.2) is 10.1 Å². The number of rotatable bonds is 4. The topological polar surface area (TPSA) is 51.0 Å². The third-order valence-electron chi connectivity index (χ3n) is 3.49. The molecule has 0 aliphatic rings. The van der Waals surface area contributed by atoms with Gasteiger partial charge in [-0.1, -0.05) is 35.0 Å². The van der Waals surface area contributed by atoms with Crippen LogP contribution in [0.25, 0.3) is 11.4 Å². The number of nitrogens with zero attached hydrogens (tertiary/aromatic N) is 2. The van der Waals surface area contributed by atoms with Gasteiger partial charge in [-0.15, -0.1) is 0 Å². The zero-order valence-electron chi connectivity index (χ0n) is 13.1. The molecule has 0 fully saturated rings. The van der Waals surface area contributed by atoms with Crippen molar-refractivity contribution >= 4 is 17.3 Å². The highest BCUT2D eigenvalue weighted by Gasteiger charge is 2.30. The first kappa shape index (κ1) is 17.3. The van der Waals surface area contributed by atoms with Crippen LogP contribution < -0.4 is 5.32 Å². The number of benzene rings is 2. The van der Waals surface area contributed by atoms with Crippen molar-refractivity contribution in [3.05, 3.63) is 64.5 Å². The van der Waals surface area contributed by atoms with Gasteiger partial charge >= 0.3 is 6.18 Å². The van der Waals surface area contributed by atoms with Crippen LogP contribution in [-0.2, 0) is 12.7 Å². The summed E-state index contributed by atoms with van der Waals surface area (Å²) in [6, 6.07) is 10.2. The lowest BCUT2D eigenvalue weighted by Crippen LogP contribution is -2.04. The van der Waals surface area contributed by atoms with Crippen LogP contribution in [0.5, 0.6) is 0 Å². The van der Waals surface area contributed by atoms with E-state index in [2.05, 4.69) is 15.5 Å². The van der Waals surface area contributed by atoms with Gasteiger partial charge in [0.05, 0.1) is 22.8 Å². The molecule has 0 amide bonds. The Hall–Kier alpha value is -2.54. The molecule has 0 aliphatic carbocycles. The number of hydrogen-bond donors (Lipinski definition) is 1. The molecule has 0 spiro atoms. The van der Waals surface area contributed by atoms with Crippen molar-refractivity contribution in [2.75, 3.05) is 5.32 Å². The third-order valence-corrected chi connectivity index (χ3v) is 3.81. The van der Waals surface area contributed by atoms with E-state index in [1.807, 2.05) is 25.1 Å². The predicted octanol–water partition coefficient (Wildman–Crippen LogP) is 5.33. The highest BCUT2D eigenvalue weighted by atomic mass is 35.5. The first-order valence-electron chi connectivity index (χ1n) is 7.33. The second-order valence-electron chi connectivity index (χ2n) is 5.42. The van der Waals surface area contributed by atoms with Crippen molar-refractivity contribution < 1.29 is 17.7 Å². The van der Waals surface area contributed by atoms with Crippen LogP contribution in [0.4, 0.5) is 18.9 Å². The third kappa shape index (κ3) is 4.11. The number of nitrogens with one attached hydrogen (secondary N) is 1. The molecule has 0 unspecified atom stereocenters. The minimum atomic E-state index is -4.38. The Morgan fingerprint density at radius 1 is 1.12 bits per heavy atom. The van der Waals surface area contributed by atoms with E-state index in [9.17, 15) is 13.2 Å². The molecule has 3 rings (SSSR count). The fourth-order valence-electron chi connectivity index (χ4n) is 2.19. The summed E-state index contributed by atoms with van der Waals surface area (Å²) >= 11 is 6.13. The lowest BCUT2D eigenvalue weighted by molar-refractivity contribution is -0.137. The molecule has 3 aromatic rings. The normalized spacial score (nSPS) is 11.6. The van der Waals surface area contributed by atoms with E-state index in [1.165, 1.54) is 12.1 Å². The molecule has 1 heterocycles. The monoisotopic (exact) mass is 367 g/mol. The molecule has 4 nitrogen and oxygen atoms in total. The zero-order valence-corrected chi connectivity index (χ0v) is 13.8. The van der Waals surface area contributed by atoms with Crippen LogP contribution in [0.15, 0.2) is 47.0 Å². The molecular weight excluding hydrogens is 355 g/mol. The molecule has 0 radical (unpaired) electrons. The molecule has 0 saturated heterocycles. The first-order valence-corrected chi connectivity index (χ1v) is 7.71.